The van der Waals surface area contributed by atoms with Crippen molar-refractivity contribution in [2.24, 2.45) is 0 Å². The van der Waals surface area contributed by atoms with E-state index in [1.54, 1.807) is 17.5 Å². The summed E-state index contributed by atoms with van der Waals surface area (Å²) in [6.07, 6.45) is -0.517. The number of carbonyl (C=O) groups excluding carboxylic acids is 1. The Morgan fingerprint density at radius 1 is 1.33 bits per heavy atom. The number of aliphatic hydroxyl groups excluding tert-OH is 1. The second kappa shape index (κ2) is 7.20. The summed E-state index contributed by atoms with van der Waals surface area (Å²) in [7, 11) is 0. The van der Waals surface area contributed by atoms with Gasteiger partial charge in [0.15, 0.2) is 5.76 Å². The smallest absolute Gasteiger partial charge is 0.372 e. The van der Waals surface area contributed by atoms with Crippen molar-refractivity contribution in [3.63, 3.8) is 0 Å². The highest BCUT2D eigenvalue weighted by molar-refractivity contribution is 7.19. The fourth-order valence-corrected chi connectivity index (χ4v) is 5.22. The Kier molecular flexibility index (Phi) is 4.62. The predicted octanol–water partition coefficient (Wildman–Crippen LogP) is 3.03. The van der Waals surface area contributed by atoms with Gasteiger partial charge in [0.2, 0.25) is 5.82 Å². The Morgan fingerprint density at radius 2 is 2.13 bits per heavy atom. The molecule has 1 fully saturated rings. The number of carboxylic acids is 1. The quantitative estimate of drug-likeness (QED) is 0.465. The zero-order valence-corrected chi connectivity index (χ0v) is 17.5. The molecule has 0 atom stereocenters. The van der Waals surface area contributed by atoms with Crippen LogP contribution in [0.25, 0.3) is 21.7 Å². The molecule has 0 aliphatic carbocycles. The fraction of sp³-hybridized carbons (Fsp3) is 0.222. The Bertz CT molecular complexity index is 1280. The number of amides is 1. The van der Waals surface area contributed by atoms with Crippen LogP contribution in [0.1, 0.15) is 26.0 Å². The molecule has 2 N–H and O–H groups in total. The average molecular weight is 465 g/mol. The highest BCUT2D eigenvalue weighted by atomic mass is 35.5. The summed E-state index contributed by atoms with van der Waals surface area (Å²) in [5, 5.41) is 24.8. The molecule has 0 spiro atoms. The van der Waals surface area contributed by atoms with Crippen molar-refractivity contribution < 1.29 is 24.3 Å². The molecule has 154 valence electrons. The van der Waals surface area contributed by atoms with E-state index in [-0.39, 0.29) is 31.4 Å². The van der Waals surface area contributed by atoms with Crippen molar-refractivity contribution in [2.45, 2.75) is 12.6 Å². The molecular formula is C18H13ClN4O5S2. The van der Waals surface area contributed by atoms with Crippen molar-refractivity contribution in [3.8, 4) is 10.6 Å². The normalized spacial score (nSPS) is 14.4. The summed E-state index contributed by atoms with van der Waals surface area (Å²) in [6, 6.07) is 5.30. The number of hydrogen-bond acceptors (Lipinski definition) is 8. The Balaban J connectivity index is 1.49. The van der Waals surface area contributed by atoms with Crippen LogP contribution in [0.4, 0.5) is 0 Å². The van der Waals surface area contributed by atoms with Crippen LogP contribution in [0, 0.1) is 0 Å². The maximum atomic E-state index is 12.7. The molecule has 0 saturated carbocycles. The van der Waals surface area contributed by atoms with E-state index < -0.39 is 12.1 Å². The van der Waals surface area contributed by atoms with Crippen molar-refractivity contribution in [3.05, 3.63) is 44.3 Å². The number of β-amino-alcohol motifs (C(OH)–C–C–N with tert-alkyl or cyclic N) is 1. The molecule has 0 aromatic carbocycles. The average Bonchev–Trinajstić information content (AvgIpc) is 3.43. The standard InChI is InChI=1S/C18H13ClN4O5S2/c19-13-2-1-12(30-13)11-3-8(21-28-11)4-23-10-7-29-15(14(10)20-16(23)18(26)27)17(25)22-5-9(24)6-22/h1-3,7,9,24H,4-6H2,(H,26,27). The zero-order valence-electron chi connectivity index (χ0n) is 15.1. The van der Waals surface area contributed by atoms with Gasteiger partial charge >= 0.3 is 5.97 Å². The lowest BCUT2D eigenvalue weighted by atomic mass is 10.1. The second-order valence-electron chi connectivity index (χ2n) is 6.78. The second-order valence-corrected chi connectivity index (χ2v) is 9.37. The van der Waals surface area contributed by atoms with Gasteiger partial charge in [-0.15, -0.1) is 22.7 Å². The molecule has 30 heavy (non-hydrogen) atoms. The highest BCUT2D eigenvalue weighted by Crippen LogP contribution is 2.33. The molecule has 9 nitrogen and oxygen atoms in total. The van der Waals surface area contributed by atoms with E-state index in [0.717, 1.165) is 4.88 Å². The molecule has 1 saturated heterocycles. The van der Waals surface area contributed by atoms with Crippen LogP contribution in [0.2, 0.25) is 4.34 Å². The topological polar surface area (TPSA) is 122 Å². The largest absolute Gasteiger partial charge is 0.475 e. The maximum Gasteiger partial charge on any atom is 0.372 e. The van der Waals surface area contributed by atoms with Gasteiger partial charge in [0.1, 0.15) is 16.1 Å². The van der Waals surface area contributed by atoms with Crippen LogP contribution >= 0.6 is 34.3 Å². The number of imidazole rings is 1. The van der Waals surface area contributed by atoms with Gasteiger partial charge in [-0.2, -0.15) is 0 Å². The molecule has 4 aromatic heterocycles. The number of likely N-dealkylation sites (tertiary alicyclic amines) is 1. The van der Waals surface area contributed by atoms with E-state index in [0.29, 0.717) is 31.7 Å². The summed E-state index contributed by atoms with van der Waals surface area (Å²) in [6.45, 7) is 0.645. The summed E-state index contributed by atoms with van der Waals surface area (Å²) in [4.78, 5) is 31.3. The molecule has 1 aliphatic heterocycles. The number of rotatable bonds is 5. The number of carboxylic acid groups (broad SMARTS) is 1. The molecule has 4 aromatic rings. The SMILES string of the molecule is O=C(O)c1nc2c(C(=O)N3CC(O)C3)scc2n1Cc1cc(-c2ccc(Cl)s2)on1. The van der Waals surface area contributed by atoms with Gasteiger partial charge in [0.05, 0.1) is 27.4 Å². The number of aromatic nitrogens is 3. The lowest BCUT2D eigenvalue weighted by molar-refractivity contribution is 0.00633. The van der Waals surface area contributed by atoms with Crippen LogP contribution in [-0.2, 0) is 6.54 Å². The fourth-order valence-electron chi connectivity index (χ4n) is 3.27. The lowest BCUT2D eigenvalue weighted by Gasteiger charge is -2.35. The van der Waals surface area contributed by atoms with Crippen LogP contribution in [-0.4, -0.2) is 60.9 Å². The van der Waals surface area contributed by atoms with E-state index >= 15 is 0 Å². The number of carbonyl (C=O) groups is 2. The van der Waals surface area contributed by atoms with Gasteiger partial charge in [-0.05, 0) is 12.1 Å². The van der Waals surface area contributed by atoms with Crippen LogP contribution in [0.3, 0.4) is 0 Å². The van der Waals surface area contributed by atoms with Crippen LogP contribution in [0.5, 0.6) is 0 Å². The third-order valence-corrected chi connectivity index (χ3v) is 6.93. The number of aliphatic hydroxyl groups is 1. The lowest BCUT2D eigenvalue weighted by Crippen LogP contribution is -2.53. The van der Waals surface area contributed by atoms with Gasteiger partial charge in [-0.1, -0.05) is 16.8 Å². The molecule has 5 heterocycles. The van der Waals surface area contributed by atoms with Gasteiger partial charge in [0.25, 0.3) is 5.91 Å². The van der Waals surface area contributed by atoms with Crippen LogP contribution < -0.4 is 0 Å². The molecule has 1 amide bonds. The van der Waals surface area contributed by atoms with E-state index in [9.17, 15) is 19.8 Å². The maximum absolute atomic E-state index is 12.7. The Labute approximate surface area is 181 Å². The first-order valence-corrected chi connectivity index (χ1v) is 10.9. The minimum atomic E-state index is -1.21. The van der Waals surface area contributed by atoms with Crippen molar-refractivity contribution >= 4 is 57.2 Å². The van der Waals surface area contributed by atoms with E-state index in [4.69, 9.17) is 16.1 Å². The minimum Gasteiger partial charge on any atom is -0.475 e. The number of halogens is 1. The van der Waals surface area contributed by atoms with E-state index in [1.807, 2.05) is 6.07 Å². The number of thiophene rings is 2. The summed E-state index contributed by atoms with van der Waals surface area (Å²) >= 11 is 8.51. The molecule has 1 aliphatic rings. The molecule has 0 unspecified atom stereocenters. The molecule has 0 radical (unpaired) electrons. The predicted molar refractivity (Wildman–Crippen MR) is 110 cm³/mol. The molecule has 12 heteroatoms. The number of hydrogen-bond donors (Lipinski definition) is 2. The number of aromatic carboxylic acids is 1. The monoisotopic (exact) mass is 464 g/mol. The van der Waals surface area contributed by atoms with Crippen molar-refractivity contribution in [1.82, 2.24) is 19.6 Å². The number of fused-ring (bicyclic) bond motifs is 1. The van der Waals surface area contributed by atoms with Crippen molar-refractivity contribution in [2.75, 3.05) is 13.1 Å². The molecular weight excluding hydrogens is 452 g/mol. The minimum absolute atomic E-state index is 0.119. The third-order valence-electron chi connectivity index (χ3n) is 4.74. The first-order valence-electron chi connectivity index (χ1n) is 8.80. The van der Waals surface area contributed by atoms with Crippen molar-refractivity contribution in [1.29, 1.82) is 0 Å². The van der Waals surface area contributed by atoms with Gasteiger partial charge in [-0.3, -0.25) is 4.79 Å². The van der Waals surface area contributed by atoms with Gasteiger partial charge in [-0.25, -0.2) is 9.78 Å². The number of nitrogens with zero attached hydrogens (tertiary/aromatic N) is 4. The third kappa shape index (κ3) is 3.19. The first-order chi connectivity index (χ1) is 14.4. The summed E-state index contributed by atoms with van der Waals surface area (Å²) < 4.78 is 7.49. The first kappa shape index (κ1) is 19.2. The molecule has 0 bridgehead atoms. The van der Waals surface area contributed by atoms with E-state index in [1.165, 1.54) is 32.1 Å². The molecule has 5 rings (SSSR count). The van der Waals surface area contributed by atoms with Gasteiger partial charge in [0, 0.05) is 24.5 Å². The van der Waals surface area contributed by atoms with Crippen LogP contribution in [0.15, 0.2) is 28.1 Å². The highest BCUT2D eigenvalue weighted by Gasteiger charge is 2.33. The van der Waals surface area contributed by atoms with Gasteiger partial charge < -0.3 is 24.2 Å². The summed E-state index contributed by atoms with van der Waals surface area (Å²) in [5.41, 5.74) is 1.38. The Hall–Kier alpha value is -2.73. The summed E-state index contributed by atoms with van der Waals surface area (Å²) in [5.74, 6) is -1.12. The Morgan fingerprint density at radius 3 is 2.80 bits per heavy atom. The zero-order chi connectivity index (χ0) is 21.0. The van der Waals surface area contributed by atoms with E-state index in [2.05, 4.69) is 10.1 Å².